The number of fused-ring (bicyclic) bond motifs is 3. The van der Waals surface area contributed by atoms with Gasteiger partial charge in [-0.2, -0.15) is 0 Å². The van der Waals surface area contributed by atoms with E-state index < -0.39 is 0 Å². The number of anilines is 1. The Hall–Kier alpha value is -1.81. The summed E-state index contributed by atoms with van der Waals surface area (Å²) >= 11 is 0. The van der Waals surface area contributed by atoms with Crippen LogP contribution in [0, 0.1) is 11.3 Å². The summed E-state index contributed by atoms with van der Waals surface area (Å²) in [5.41, 5.74) is 2.65. The summed E-state index contributed by atoms with van der Waals surface area (Å²) < 4.78 is 5.31. The first kappa shape index (κ1) is 14.4. The van der Waals surface area contributed by atoms with Crippen LogP contribution >= 0.6 is 0 Å². The van der Waals surface area contributed by atoms with Gasteiger partial charge in [0.25, 0.3) is 0 Å². The number of nitrogens with zero attached hydrogens (tertiary/aromatic N) is 1. The lowest BCUT2D eigenvalue weighted by Gasteiger charge is -2.67. The smallest absolute Gasteiger partial charge is 0.311 e. The lowest BCUT2D eigenvalue weighted by atomic mass is 9.40. The standard InChI is InChI=1S/C21H24N2O2/c1-25-17(24)15-13-19-7-4-11-23-12-10-20(18(19)23)14-5-2-3-6-16(14)22-21(15,20)9-8-19/h2-7,15,18,22H,8-13H2,1H3/t15-,18+,19-,20-,21-/m0/s1. The molecule has 4 heteroatoms. The Balaban J connectivity index is 1.67. The Morgan fingerprint density at radius 3 is 3.04 bits per heavy atom. The third-order valence-electron chi connectivity index (χ3n) is 8.17. The summed E-state index contributed by atoms with van der Waals surface area (Å²) in [5, 5.41) is 3.90. The molecule has 3 heterocycles. The van der Waals surface area contributed by atoms with E-state index in [9.17, 15) is 4.79 Å². The van der Waals surface area contributed by atoms with Crippen LogP contribution in [0.1, 0.15) is 31.2 Å². The molecule has 2 bridgehead atoms. The van der Waals surface area contributed by atoms with Crippen molar-refractivity contribution in [3.8, 4) is 0 Å². The molecule has 0 aromatic heterocycles. The predicted octanol–water partition coefficient (Wildman–Crippen LogP) is 2.71. The van der Waals surface area contributed by atoms with Crippen LogP contribution in [-0.4, -0.2) is 42.6 Å². The predicted molar refractivity (Wildman–Crippen MR) is 95.4 cm³/mol. The minimum Gasteiger partial charge on any atom is -0.469 e. The molecule has 3 aliphatic carbocycles. The fourth-order valence-corrected chi connectivity index (χ4v) is 7.56. The van der Waals surface area contributed by atoms with Gasteiger partial charge in [-0.25, -0.2) is 0 Å². The Kier molecular flexibility index (Phi) is 2.47. The van der Waals surface area contributed by atoms with Crippen LogP contribution in [0.5, 0.6) is 0 Å². The van der Waals surface area contributed by atoms with Crippen molar-refractivity contribution in [3.63, 3.8) is 0 Å². The van der Waals surface area contributed by atoms with E-state index in [0.717, 1.165) is 32.4 Å². The summed E-state index contributed by atoms with van der Waals surface area (Å²) in [7, 11) is 1.54. The topological polar surface area (TPSA) is 41.6 Å². The van der Waals surface area contributed by atoms with Crippen molar-refractivity contribution in [1.82, 2.24) is 4.90 Å². The van der Waals surface area contributed by atoms with Crippen molar-refractivity contribution in [2.45, 2.75) is 42.7 Å². The van der Waals surface area contributed by atoms with E-state index in [1.54, 1.807) is 7.11 Å². The molecule has 4 fully saturated rings. The number of hydrogen-bond donors (Lipinski definition) is 1. The second-order valence-corrected chi connectivity index (χ2v) is 8.68. The second kappa shape index (κ2) is 4.29. The summed E-state index contributed by atoms with van der Waals surface area (Å²) in [6, 6.07) is 9.29. The number of ether oxygens (including phenoxy) is 1. The molecule has 1 saturated heterocycles. The summed E-state index contributed by atoms with van der Waals surface area (Å²) in [6.45, 7) is 2.18. The van der Waals surface area contributed by atoms with Crippen molar-refractivity contribution < 1.29 is 9.53 Å². The molecule has 7 rings (SSSR count). The highest BCUT2D eigenvalue weighted by atomic mass is 16.5. The minimum atomic E-state index is -0.184. The zero-order valence-corrected chi connectivity index (χ0v) is 14.6. The number of carbonyl (C=O) groups is 1. The molecule has 1 aromatic carbocycles. The van der Waals surface area contributed by atoms with Crippen LogP contribution in [-0.2, 0) is 14.9 Å². The monoisotopic (exact) mass is 336 g/mol. The largest absolute Gasteiger partial charge is 0.469 e. The third kappa shape index (κ3) is 1.34. The number of esters is 1. The number of hydrogen-bond acceptors (Lipinski definition) is 4. The van der Waals surface area contributed by atoms with E-state index in [1.807, 2.05) is 0 Å². The first-order valence-electron chi connectivity index (χ1n) is 9.54. The van der Waals surface area contributed by atoms with Gasteiger partial charge in [0.1, 0.15) is 0 Å². The van der Waals surface area contributed by atoms with E-state index in [2.05, 4.69) is 46.6 Å². The van der Waals surface area contributed by atoms with Crippen molar-refractivity contribution in [3.05, 3.63) is 42.0 Å². The van der Waals surface area contributed by atoms with Gasteiger partial charge in [-0.1, -0.05) is 30.4 Å². The molecular formula is C21H24N2O2. The molecule has 3 aliphatic heterocycles. The summed E-state index contributed by atoms with van der Waals surface area (Å²) in [6.07, 6.45) is 9.08. The van der Waals surface area contributed by atoms with Gasteiger partial charge in [-0.05, 0) is 43.9 Å². The highest BCUT2D eigenvalue weighted by Crippen LogP contribution is 2.73. The van der Waals surface area contributed by atoms with Gasteiger partial charge in [-0.15, -0.1) is 0 Å². The molecule has 1 aromatic rings. The maximum Gasteiger partial charge on any atom is 0.311 e. The first-order chi connectivity index (χ1) is 12.2. The molecule has 5 atom stereocenters. The van der Waals surface area contributed by atoms with Crippen LogP contribution in [0.4, 0.5) is 5.69 Å². The molecule has 0 unspecified atom stereocenters. The lowest BCUT2D eigenvalue weighted by molar-refractivity contribution is -0.162. The van der Waals surface area contributed by atoms with E-state index in [1.165, 1.54) is 17.7 Å². The van der Waals surface area contributed by atoms with Gasteiger partial charge < -0.3 is 10.1 Å². The number of rotatable bonds is 1. The molecule has 0 amide bonds. The average molecular weight is 336 g/mol. The zero-order chi connectivity index (χ0) is 16.9. The summed E-state index contributed by atoms with van der Waals surface area (Å²) in [5.74, 6) is -0.104. The third-order valence-corrected chi connectivity index (χ3v) is 8.17. The van der Waals surface area contributed by atoms with Crippen molar-refractivity contribution in [2.75, 3.05) is 25.5 Å². The van der Waals surface area contributed by atoms with Gasteiger partial charge in [0, 0.05) is 29.1 Å². The molecule has 25 heavy (non-hydrogen) atoms. The fraction of sp³-hybridized carbons (Fsp3) is 0.571. The van der Waals surface area contributed by atoms with Gasteiger partial charge in [0.05, 0.1) is 18.6 Å². The Morgan fingerprint density at radius 2 is 2.16 bits per heavy atom. The van der Waals surface area contributed by atoms with E-state index >= 15 is 0 Å². The number of carbonyl (C=O) groups excluding carboxylic acids is 1. The molecule has 1 N–H and O–H groups in total. The number of benzene rings is 1. The average Bonchev–Trinajstić information content (AvgIpc) is 3.19. The van der Waals surface area contributed by atoms with Gasteiger partial charge in [-0.3, -0.25) is 9.69 Å². The van der Waals surface area contributed by atoms with E-state index in [4.69, 9.17) is 4.74 Å². The molecule has 3 spiro atoms. The Bertz CT molecular complexity index is 820. The van der Waals surface area contributed by atoms with Crippen molar-refractivity contribution in [1.29, 1.82) is 0 Å². The van der Waals surface area contributed by atoms with E-state index in [0.29, 0.717) is 6.04 Å². The molecule has 130 valence electrons. The second-order valence-electron chi connectivity index (χ2n) is 8.68. The fourth-order valence-electron chi connectivity index (χ4n) is 7.56. The molecule has 6 aliphatic rings. The van der Waals surface area contributed by atoms with Crippen LogP contribution in [0.15, 0.2) is 36.4 Å². The van der Waals surface area contributed by atoms with Crippen LogP contribution < -0.4 is 5.32 Å². The number of para-hydroxylation sites is 1. The highest BCUT2D eigenvalue weighted by molar-refractivity contribution is 5.81. The first-order valence-corrected chi connectivity index (χ1v) is 9.54. The van der Waals surface area contributed by atoms with Crippen molar-refractivity contribution in [2.24, 2.45) is 11.3 Å². The van der Waals surface area contributed by atoms with E-state index in [-0.39, 0.29) is 28.3 Å². The van der Waals surface area contributed by atoms with Gasteiger partial charge in [0.2, 0.25) is 0 Å². The van der Waals surface area contributed by atoms with Crippen molar-refractivity contribution >= 4 is 11.7 Å². The Morgan fingerprint density at radius 1 is 1.28 bits per heavy atom. The van der Waals surface area contributed by atoms with Crippen LogP contribution in [0.3, 0.4) is 0 Å². The van der Waals surface area contributed by atoms with Gasteiger partial charge >= 0.3 is 5.97 Å². The zero-order valence-electron chi connectivity index (χ0n) is 14.6. The summed E-state index contributed by atoms with van der Waals surface area (Å²) in [4.78, 5) is 15.6. The SMILES string of the molecule is COC(=O)[C@@H]1C[C@]23C=CCN4CC[C@]5(c6ccccc6N[C@@]15CC2)[C@H]43. The molecule has 4 nitrogen and oxygen atoms in total. The Labute approximate surface area is 148 Å². The molecular weight excluding hydrogens is 312 g/mol. The molecule has 0 radical (unpaired) electrons. The van der Waals surface area contributed by atoms with Gasteiger partial charge in [0.15, 0.2) is 0 Å². The molecule has 3 saturated carbocycles. The lowest BCUT2D eigenvalue weighted by Crippen LogP contribution is -2.76. The number of methoxy groups -OCH3 is 1. The van der Waals surface area contributed by atoms with Crippen LogP contribution in [0.25, 0.3) is 0 Å². The maximum atomic E-state index is 12.9. The minimum absolute atomic E-state index is 0.0315. The highest BCUT2D eigenvalue weighted by Gasteiger charge is 2.78. The quantitative estimate of drug-likeness (QED) is 0.632. The normalized spacial score (nSPS) is 45.5. The maximum absolute atomic E-state index is 12.9. The number of nitrogens with one attached hydrogen (secondary N) is 1. The van der Waals surface area contributed by atoms with Crippen LogP contribution in [0.2, 0.25) is 0 Å².